The summed E-state index contributed by atoms with van der Waals surface area (Å²) in [5.41, 5.74) is 1.15. The van der Waals surface area contributed by atoms with Gasteiger partial charge in [0.25, 0.3) is 5.91 Å². The number of hydrogen-bond donors (Lipinski definition) is 1. The van der Waals surface area contributed by atoms with Gasteiger partial charge in [0.1, 0.15) is 11.9 Å². The van der Waals surface area contributed by atoms with E-state index in [9.17, 15) is 9.59 Å². The molecule has 7 nitrogen and oxygen atoms in total. The SMILES string of the molecule is O=C(CCc1ccccc1)Nc1ccnn1C1CCN(C(=O)[C@@H]2CCCO2)CC1. The molecule has 0 bridgehead atoms. The van der Waals surface area contributed by atoms with Crippen molar-refractivity contribution in [1.82, 2.24) is 14.7 Å². The van der Waals surface area contributed by atoms with Crippen LogP contribution in [0.15, 0.2) is 42.6 Å². The molecule has 2 saturated heterocycles. The zero-order valence-electron chi connectivity index (χ0n) is 16.6. The topological polar surface area (TPSA) is 76.5 Å². The van der Waals surface area contributed by atoms with Crippen LogP contribution in [-0.2, 0) is 20.7 Å². The molecule has 154 valence electrons. The van der Waals surface area contributed by atoms with E-state index in [0.717, 1.165) is 37.1 Å². The molecule has 7 heteroatoms. The molecule has 2 amide bonds. The Morgan fingerprint density at radius 2 is 1.90 bits per heavy atom. The molecule has 4 rings (SSSR count). The fourth-order valence-corrected chi connectivity index (χ4v) is 4.12. The number of nitrogens with one attached hydrogen (secondary N) is 1. The highest BCUT2D eigenvalue weighted by Crippen LogP contribution is 2.27. The number of likely N-dealkylation sites (tertiary alicyclic amines) is 1. The minimum absolute atomic E-state index is 0.0124. The minimum atomic E-state index is -0.254. The Hall–Kier alpha value is -2.67. The molecule has 2 aliphatic heterocycles. The second kappa shape index (κ2) is 9.22. The number of amides is 2. The quantitative estimate of drug-likeness (QED) is 0.815. The molecule has 3 heterocycles. The Morgan fingerprint density at radius 1 is 1.10 bits per heavy atom. The van der Waals surface area contributed by atoms with Crippen LogP contribution in [0.2, 0.25) is 0 Å². The van der Waals surface area contributed by atoms with Gasteiger partial charge in [0.2, 0.25) is 5.91 Å². The highest BCUT2D eigenvalue weighted by Gasteiger charge is 2.31. The number of carbonyl (C=O) groups excluding carboxylic acids is 2. The van der Waals surface area contributed by atoms with Crippen molar-refractivity contribution in [3.05, 3.63) is 48.2 Å². The van der Waals surface area contributed by atoms with Gasteiger partial charge in [-0.2, -0.15) is 5.10 Å². The molecule has 1 atom stereocenters. The van der Waals surface area contributed by atoms with Crippen LogP contribution >= 0.6 is 0 Å². The Labute approximate surface area is 171 Å². The molecule has 0 radical (unpaired) electrons. The van der Waals surface area contributed by atoms with Crippen LogP contribution in [0.3, 0.4) is 0 Å². The molecule has 1 N–H and O–H groups in total. The lowest BCUT2D eigenvalue weighted by Gasteiger charge is -2.33. The third kappa shape index (κ3) is 4.85. The van der Waals surface area contributed by atoms with E-state index in [4.69, 9.17) is 4.74 Å². The fraction of sp³-hybridized carbons (Fsp3) is 0.500. The van der Waals surface area contributed by atoms with E-state index < -0.39 is 0 Å². The lowest BCUT2D eigenvalue weighted by Crippen LogP contribution is -2.44. The summed E-state index contributed by atoms with van der Waals surface area (Å²) in [6.07, 6.45) is 6.06. The number of aromatic nitrogens is 2. The van der Waals surface area contributed by atoms with E-state index in [2.05, 4.69) is 10.4 Å². The number of benzene rings is 1. The summed E-state index contributed by atoms with van der Waals surface area (Å²) in [5.74, 6) is 0.837. The largest absolute Gasteiger partial charge is 0.368 e. The van der Waals surface area contributed by atoms with Gasteiger partial charge in [-0.15, -0.1) is 0 Å². The van der Waals surface area contributed by atoms with Gasteiger partial charge < -0.3 is 15.0 Å². The molecule has 1 aromatic carbocycles. The number of anilines is 1. The van der Waals surface area contributed by atoms with E-state index in [-0.39, 0.29) is 24.0 Å². The number of nitrogens with zero attached hydrogens (tertiary/aromatic N) is 3. The monoisotopic (exact) mass is 396 g/mol. The van der Waals surface area contributed by atoms with Crippen molar-refractivity contribution in [1.29, 1.82) is 0 Å². The highest BCUT2D eigenvalue weighted by atomic mass is 16.5. The second-order valence-electron chi connectivity index (χ2n) is 7.75. The smallest absolute Gasteiger partial charge is 0.251 e. The normalized spacial score (nSPS) is 20.0. The first kappa shape index (κ1) is 19.6. The van der Waals surface area contributed by atoms with Crippen LogP contribution in [0, 0.1) is 0 Å². The first-order valence-electron chi connectivity index (χ1n) is 10.5. The van der Waals surface area contributed by atoms with Gasteiger partial charge in [-0.05, 0) is 37.7 Å². The Kier molecular flexibility index (Phi) is 6.24. The average molecular weight is 396 g/mol. The van der Waals surface area contributed by atoms with E-state index >= 15 is 0 Å². The zero-order chi connectivity index (χ0) is 20.1. The Bertz CT molecular complexity index is 822. The molecule has 2 aromatic rings. The van der Waals surface area contributed by atoms with Crippen LogP contribution in [0.25, 0.3) is 0 Å². The van der Waals surface area contributed by atoms with Crippen molar-refractivity contribution in [3.63, 3.8) is 0 Å². The zero-order valence-corrected chi connectivity index (χ0v) is 16.6. The van der Waals surface area contributed by atoms with Crippen molar-refractivity contribution >= 4 is 17.6 Å². The van der Waals surface area contributed by atoms with Gasteiger partial charge in [0, 0.05) is 32.2 Å². The summed E-state index contributed by atoms with van der Waals surface area (Å²) in [4.78, 5) is 26.8. The molecule has 0 unspecified atom stereocenters. The predicted octanol–water partition coefficient (Wildman–Crippen LogP) is 2.80. The molecule has 0 saturated carbocycles. The van der Waals surface area contributed by atoms with Gasteiger partial charge in [-0.25, -0.2) is 4.68 Å². The maximum atomic E-state index is 12.5. The van der Waals surface area contributed by atoms with Crippen molar-refractivity contribution in [2.45, 2.75) is 50.7 Å². The van der Waals surface area contributed by atoms with Gasteiger partial charge in [0.05, 0.1) is 12.2 Å². The lowest BCUT2D eigenvalue weighted by atomic mass is 10.0. The Morgan fingerprint density at radius 3 is 2.62 bits per heavy atom. The molecule has 0 spiro atoms. The summed E-state index contributed by atoms with van der Waals surface area (Å²) >= 11 is 0. The molecular formula is C22H28N4O3. The number of rotatable bonds is 6. The van der Waals surface area contributed by atoms with Crippen LogP contribution in [0.4, 0.5) is 5.82 Å². The van der Waals surface area contributed by atoms with Gasteiger partial charge in [-0.1, -0.05) is 30.3 Å². The molecule has 2 fully saturated rings. The summed E-state index contributed by atoms with van der Waals surface area (Å²) in [6.45, 7) is 2.09. The third-order valence-corrected chi connectivity index (χ3v) is 5.75. The number of piperidine rings is 1. The maximum Gasteiger partial charge on any atom is 0.251 e. The van der Waals surface area contributed by atoms with Gasteiger partial charge >= 0.3 is 0 Å². The predicted molar refractivity (Wildman–Crippen MR) is 109 cm³/mol. The van der Waals surface area contributed by atoms with Gasteiger partial charge in [0.15, 0.2) is 0 Å². The summed E-state index contributed by atoms with van der Waals surface area (Å²) in [6, 6.07) is 12.0. The highest BCUT2D eigenvalue weighted by molar-refractivity contribution is 5.90. The van der Waals surface area contributed by atoms with E-state index in [1.165, 1.54) is 0 Å². The number of carbonyl (C=O) groups is 2. The second-order valence-corrected chi connectivity index (χ2v) is 7.75. The number of hydrogen-bond acceptors (Lipinski definition) is 4. The first-order valence-corrected chi connectivity index (χ1v) is 10.5. The molecule has 0 aliphatic carbocycles. The van der Waals surface area contributed by atoms with Crippen LogP contribution < -0.4 is 5.32 Å². The molecule has 29 heavy (non-hydrogen) atoms. The van der Waals surface area contributed by atoms with Crippen LogP contribution in [0.1, 0.15) is 43.7 Å². The standard InChI is InChI=1S/C22H28N4O3/c27-21(9-8-17-5-2-1-3-6-17)24-20-10-13-23-26(20)18-11-14-25(15-12-18)22(28)19-7-4-16-29-19/h1-3,5-6,10,13,18-19H,4,7-9,11-12,14-16H2,(H,24,27)/t19-/m0/s1. The Balaban J connectivity index is 1.29. The summed E-state index contributed by atoms with van der Waals surface area (Å²) in [7, 11) is 0. The van der Waals surface area contributed by atoms with Crippen LogP contribution in [0.5, 0.6) is 0 Å². The van der Waals surface area contributed by atoms with E-state index in [1.807, 2.05) is 46.0 Å². The number of aryl methyl sites for hydroxylation is 1. The first-order chi connectivity index (χ1) is 14.2. The lowest BCUT2D eigenvalue weighted by molar-refractivity contribution is -0.142. The van der Waals surface area contributed by atoms with Crippen LogP contribution in [-0.4, -0.2) is 52.3 Å². The van der Waals surface area contributed by atoms with E-state index in [1.54, 1.807) is 6.20 Å². The van der Waals surface area contributed by atoms with E-state index in [0.29, 0.717) is 32.5 Å². The average Bonchev–Trinajstić information content (AvgIpc) is 3.45. The van der Waals surface area contributed by atoms with Crippen molar-refractivity contribution in [3.8, 4) is 0 Å². The van der Waals surface area contributed by atoms with Crippen molar-refractivity contribution < 1.29 is 14.3 Å². The molecule has 1 aromatic heterocycles. The fourth-order valence-electron chi connectivity index (χ4n) is 4.12. The van der Waals surface area contributed by atoms with Crippen molar-refractivity contribution in [2.75, 3.05) is 25.0 Å². The molecule has 2 aliphatic rings. The third-order valence-electron chi connectivity index (χ3n) is 5.75. The van der Waals surface area contributed by atoms with Gasteiger partial charge in [-0.3, -0.25) is 9.59 Å². The minimum Gasteiger partial charge on any atom is -0.368 e. The maximum absolute atomic E-state index is 12.5. The summed E-state index contributed by atoms with van der Waals surface area (Å²) < 4.78 is 7.43. The molecular weight excluding hydrogens is 368 g/mol. The van der Waals surface area contributed by atoms with Crippen molar-refractivity contribution in [2.24, 2.45) is 0 Å². The number of ether oxygens (including phenoxy) is 1. The summed E-state index contributed by atoms with van der Waals surface area (Å²) in [5, 5.41) is 7.43.